The summed E-state index contributed by atoms with van der Waals surface area (Å²) in [5, 5.41) is 0. The topological polar surface area (TPSA) is 0 Å². The van der Waals surface area contributed by atoms with E-state index in [-0.39, 0.29) is 47.2 Å². The van der Waals surface area contributed by atoms with E-state index < -0.39 is 0 Å². The summed E-state index contributed by atoms with van der Waals surface area (Å²) in [6.45, 7) is 19.5. The fraction of sp³-hybridized carbons (Fsp3) is 0.875. The number of hydrogen-bond acceptors (Lipinski definition) is 0. The van der Waals surface area contributed by atoms with Crippen molar-refractivity contribution in [2.75, 3.05) is 12.3 Å². The van der Waals surface area contributed by atoms with Crippen LogP contribution in [0.4, 0.5) is 0 Å². The molecule has 0 saturated heterocycles. The second-order valence-corrected chi connectivity index (χ2v) is 14.2. The van der Waals surface area contributed by atoms with Gasteiger partial charge >= 0.3 is 16.5 Å². The first-order valence-electron chi connectivity index (χ1n) is 6.98. The molecule has 0 aromatic heterocycles. The second kappa shape index (κ2) is 14.3. The van der Waals surface area contributed by atoms with Crippen molar-refractivity contribution in [3.05, 3.63) is 14.9 Å². The van der Waals surface area contributed by atoms with Crippen molar-refractivity contribution in [1.29, 1.82) is 0 Å². The van der Waals surface area contributed by atoms with Crippen LogP contribution in [-0.4, -0.2) is 35.0 Å². The summed E-state index contributed by atoms with van der Waals surface area (Å²) in [5.74, 6) is 0. The molecule has 0 N–H and O–H groups in total. The summed E-state index contributed by atoms with van der Waals surface area (Å²) in [4.78, 5) is 0. The Hall–Kier alpha value is 1.35. The van der Waals surface area contributed by atoms with E-state index in [0.717, 1.165) is 22.6 Å². The zero-order valence-electron chi connectivity index (χ0n) is 15.0. The maximum Gasteiger partial charge on any atom is 2.00 e. The third kappa shape index (κ3) is 11.7. The Balaban J connectivity index is -0.000000375. The third-order valence-corrected chi connectivity index (χ3v) is 11.8. The van der Waals surface area contributed by atoms with Gasteiger partial charge in [-0.15, -0.1) is 0 Å². The van der Waals surface area contributed by atoms with Gasteiger partial charge < -0.3 is 14.9 Å². The molecule has 0 aliphatic rings. The molecule has 0 unspecified atom stereocenters. The normalized spacial score (nSPS) is 11.1. The smallest absolute Gasteiger partial charge is 0.358 e. The molecule has 122 valence electrons. The van der Waals surface area contributed by atoms with Crippen molar-refractivity contribution in [2.45, 2.75) is 78.0 Å². The van der Waals surface area contributed by atoms with Crippen LogP contribution in [0.5, 0.6) is 0 Å². The number of hydrogen-bond donors (Lipinski definition) is 0. The first kappa shape index (κ1) is 28.5. The van der Waals surface area contributed by atoms with E-state index in [4.69, 9.17) is 0 Å². The van der Waals surface area contributed by atoms with Crippen LogP contribution >= 0.6 is 15.8 Å². The largest absolute Gasteiger partial charge is 2.00 e. The molecule has 0 amide bonds. The van der Waals surface area contributed by atoms with Crippen molar-refractivity contribution < 1.29 is 16.5 Å². The van der Waals surface area contributed by atoms with Gasteiger partial charge in [-0.1, -0.05) is 0 Å². The van der Waals surface area contributed by atoms with Gasteiger partial charge in [0.2, 0.25) is 0 Å². The minimum absolute atomic E-state index is 0. The summed E-state index contributed by atoms with van der Waals surface area (Å²) in [7, 11) is -0.229. The van der Waals surface area contributed by atoms with Gasteiger partial charge in [-0.3, -0.25) is 0 Å². The monoisotopic (exact) mass is 352 g/mol. The summed E-state index contributed by atoms with van der Waals surface area (Å²) >= 11 is 0. The third-order valence-electron chi connectivity index (χ3n) is 3.67. The SMILES string of the molecule is CC(C)[PH+](CC[PH+](C(C)C)C(C)C)C(C)C.[CH3-].[CH3-].[Ni+2]. The Morgan fingerprint density at radius 3 is 0.789 bits per heavy atom. The molecule has 0 aromatic carbocycles. The van der Waals surface area contributed by atoms with Crippen LogP contribution in [0.1, 0.15) is 55.4 Å². The van der Waals surface area contributed by atoms with Crippen molar-refractivity contribution >= 4 is 15.8 Å². The first-order chi connectivity index (χ1) is 7.27. The van der Waals surface area contributed by atoms with Gasteiger partial charge in [0.1, 0.15) is 0 Å². The van der Waals surface area contributed by atoms with E-state index in [1.807, 2.05) is 0 Å². The van der Waals surface area contributed by atoms with Crippen molar-refractivity contribution in [3.63, 3.8) is 0 Å². The van der Waals surface area contributed by atoms with Gasteiger partial charge in [0.15, 0.2) is 0 Å². The van der Waals surface area contributed by atoms with Gasteiger partial charge in [-0.25, -0.2) is 0 Å². The summed E-state index contributed by atoms with van der Waals surface area (Å²) < 4.78 is 0. The molecule has 0 nitrogen and oxygen atoms in total. The molecule has 0 rings (SSSR count). The molecule has 0 aliphatic heterocycles. The summed E-state index contributed by atoms with van der Waals surface area (Å²) in [6.07, 6.45) is 3.12. The zero-order chi connectivity index (χ0) is 12.9. The van der Waals surface area contributed by atoms with E-state index in [1.54, 1.807) is 12.3 Å². The fourth-order valence-electron chi connectivity index (χ4n) is 2.78. The van der Waals surface area contributed by atoms with Crippen molar-refractivity contribution in [2.24, 2.45) is 0 Å². The predicted octanol–water partition coefficient (Wildman–Crippen LogP) is 5.95. The second-order valence-electron chi connectivity index (χ2n) is 6.27. The summed E-state index contributed by atoms with van der Waals surface area (Å²) in [5.41, 5.74) is 3.81. The molecule has 0 spiro atoms. The minimum Gasteiger partial charge on any atom is -0.358 e. The van der Waals surface area contributed by atoms with Crippen LogP contribution in [-0.2, 0) is 16.5 Å². The predicted molar refractivity (Wildman–Crippen MR) is 99.7 cm³/mol. The Kier molecular flexibility index (Phi) is 21.5. The Bertz CT molecular complexity index is 144. The molecule has 0 aromatic rings. The molecule has 19 heavy (non-hydrogen) atoms. The van der Waals surface area contributed by atoms with Crippen LogP contribution in [0, 0.1) is 14.9 Å². The molecule has 3 heteroatoms. The van der Waals surface area contributed by atoms with Crippen LogP contribution in [0.15, 0.2) is 0 Å². The van der Waals surface area contributed by atoms with E-state index in [9.17, 15) is 0 Å². The molecule has 0 saturated carbocycles. The Labute approximate surface area is 137 Å². The molecular weight excluding hydrogens is 313 g/mol. The van der Waals surface area contributed by atoms with Gasteiger partial charge in [0.05, 0.1) is 35.0 Å². The quantitative estimate of drug-likeness (QED) is 0.302. The van der Waals surface area contributed by atoms with Gasteiger partial charge in [-0.05, 0) is 55.4 Å². The van der Waals surface area contributed by atoms with E-state index >= 15 is 0 Å². The van der Waals surface area contributed by atoms with Gasteiger partial charge in [0, 0.05) is 15.8 Å². The van der Waals surface area contributed by atoms with E-state index in [1.165, 1.54) is 0 Å². The van der Waals surface area contributed by atoms with Crippen molar-refractivity contribution in [3.8, 4) is 0 Å². The van der Waals surface area contributed by atoms with Gasteiger partial charge in [0.25, 0.3) is 0 Å². The molecule has 0 heterocycles. The molecule has 0 radical (unpaired) electrons. The first-order valence-corrected chi connectivity index (χ1v) is 10.7. The minimum atomic E-state index is -0.114. The Morgan fingerprint density at radius 1 is 0.526 bits per heavy atom. The average Bonchev–Trinajstić information content (AvgIpc) is 2.09. The molecule has 0 atom stereocenters. The van der Waals surface area contributed by atoms with Gasteiger partial charge in [-0.2, -0.15) is 0 Å². The van der Waals surface area contributed by atoms with Crippen LogP contribution in [0.3, 0.4) is 0 Å². The molecule has 0 aliphatic carbocycles. The van der Waals surface area contributed by atoms with Crippen LogP contribution in [0.2, 0.25) is 0 Å². The van der Waals surface area contributed by atoms with E-state index in [2.05, 4.69) is 55.4 Å². The Morgan fingerprint density at radius 2 is 0.684 bits per heavy atom. The standard InChI is InChI=1S/C14H32P2.2CH3.Ni/c1-11(2)15(12(3)4)9-10-16(13(5)6)14(7)8;;;/h11-14H,9-10H2,1-8H3;2*1H3;/q;2*-1;+2/p+2. The molecular formula is C16H40NiP2+2. The van der Waals surface area contributed by atoms with Crippen molar-refractivity contribution in [1.82, 2.24) is 0 Å². The average molecular weight is 353 g/mol. The fourth-order valence-corrected chi connectivity index (χ4v) is 10.1. The maximum atomic E-state index is 2.44. The molecule has 0 fully saturated rings. The van der Waals surface area contributed by atoms with Crippen LogP contribution < -0.4 is 0 Å². The summed E-state index contributed by atoms with van der Waals surface area (Å²) in [6, 6.07) is 0. The molecule has 0 bridgehead atoms. The van der Waals surface area contributed by atoms with Crippen LogP contribution in [0.25, 0.3) is 0 Å². The zero-order valence-corrected chi connectivity index (χ0v) is 18.0. The maximum absolute atomic E-state index is 2.44. The number of rotatable bonds is 7. The van der Waals surface area contributed by atoms with E-state index in [0.29, 0.717) is 0 Å².